The summed E-state index contributed by atoms with van der Waals surface area (Å²) >= 11 is 0. The molecule has 4 N–H and O–H groups in total. The molecule has 7 nitrogen and oxygen atoms in total. The molecule has 21 heavy (non-hydrogen) atoms. The molecule has 0 fully saturated rings. The summed E-state index contributed by atoms with van der Waals surface area (Å²) in [5, 5.41) is 11.2. The van der Waals surface area contributed by atoms with Crippen LogP contribution in [0.4, 0.5) is 0 Å². The molecule has 1 aromatic carbocycles. The molecule has 0 aliphatic carbocycles. The molecule has 1 amide bonds. The zero-order chi connectivity index (χ0) is 16.0. The average molecular weight is 294 g/mol. The molecule has 7 heteroatoms. The lowest BCUT2D eigenvalue weighted by molar-refractivity contribution is -0.143. The zero-order valence-corrected chi connectivity index (χ0v) is 11.8. The molecular formula is C14H18N2O5. The van der Waals surface area contributed by atoms with Gasteiger partial charge in [-0.15, -0.1) is 0 Å². The van der Waals surface area contributed by atoms with Crippen LogP contribution in [-0.2, 0) is 14.3 Å². The highest BCUT2D eigenvalue weighted by Crippen LogP contribution is 2.06. The molecule has 0 unspecified atom stereocenters. The van der Waals surface area contributed by atoms with E-state index < -0.39 is 36.5 Å². The van der Waals surface area contributed by atoms with Gasteiger partial charge in [0, 0.05) is 0 Å². The quantitative estimate of drug-likeness (QED) is 0.639. The Labute approximate surface area is 122 Å². The summed E-state index contributed by atoms with van der Waals surface area (Å²) in [5.41, 5.74) is 6.53. The SMILES string of the molecule is Cc1cccc(C(=O)OC[C@H](NC(=O)[C@@H](C)N)C(=O)O)c1. The van der Waals surface area contributed by atoms with Gasteiger partial charge in [-0.05, 0) is 26.0 Å². The van der Waals surface area contributed by atoms with Crippen molar-refractivity contribution in [3.8, 4) is 0 Å². The molecule has 0 bridgehead atoms. The van der Waals surface area contributed by atoms with E-state index in [0.29, 0.717) is 5.56 Å². The number of carboxylic acids is 1. The number of nitrogens with two attached hydrogens (primary N) is 1. The van der Waals surface area contributed by atoms with E-state index in [2.05, 4.69) is 5.32 Å². The Balaban J connectivity index is 2.63. The van der Waals surface area contributed by atoms with E-state index >= 15 is 0 Å². The Morgan fingerprint density at radius 1 is 1.38 bits per heavy atom. The van der Waals surface area contributed by atoms with Gasteiger partial charge in [-0.25, -0.2) is 9.59 Å². The van der Waals surface area contributed by atoms with Crippen LogP contribution in [0.2, 0.25) is 0 Å². The third-order valence-electron chi connectivity index (χ3n) is 2.66. The first-order chi connectivity index (χ1) is 9.81. The van der Waals surface area contributed by atoms with Gasteiger partial charge in [-0.3, -0.25) is 4.79 Å². The number of benzene rings is 1. The molecule has 0 heterocycles. The Hall–Kier alpha value is -2.41. The standard InChI is InChI=1S/C14H18N2O5/c1-8-4-3-5-10(6-8)14(20)21-7-11(13(18)19)16-12(17)9(2)15/h3-6,9,11H,7,15H2,1-2H3,(H,16,17)(H,18,19)/t9-,11+/m1/s1. The number of aryl methyl sites for hydroxylation is 1. The van der Waals surface area contributed by atoms with Crippen molar-refractivity contribution >= 4 is 17.8 Å². The fraction of sp³-hybridized carbons (Fsp3) is 0.357. The number of carbonyl (C=O) groups excluding carboxylic acids is 2. The van der Waals surface area contributed by atoms with Crippen molar-refractivity contribution in [1.82, 2.24) is 5.32 Å². The van der Waals surface area contributed by atoms with E-state index in [-0.39, 0.29) is 0 Å². The normalized spacial score (nSPS) is 13.1. The maximum absolute atomic E-state index is 11.8. The average Bonchev–Trinajstić information content (AvgIpc) is 2.42. The third-order valence-corrected chi connectivity index (χ3v) is 2.66. The van der Waals surface area contributed by atoms with Crippen molar-refractivity contribution in [3.05, 3.63) is 35.4 Å². The fourth-order valence-electron chi connectivity index (χ4n) is 1.49. The Kier molecular flexibility index (Phi) is 5.86. The van der Waals surface area contributed by atoms with Gasteiger partial charge in [0.15, 0.2) is 6.04 Å². The number of carbonyl (C=O) groups is 3. The first-order valence-electron chi connectivity index (χ1n) is 6.34. The summed E-state index contributed by atoms with van der Waals surface area (Å²) in [5.74, 6) is -2.59. The number of rotatable bonds is 6. The van der Waals surface area contributed by atoms with Crippen LogP contribution in [0.3, 0.4) is 0 Å². The number of hydrogen-bond acceptors (Lipinski definition) is 5. The van der Waals surface area contributed by atoms with Crippen molar-refractivity contribution in [1.29, 1.82) is 0 Å². The number of nitrogens with one attached hydrogen (secondary N) is 1. The van der Waals surface area contributed by atoms with Gasteiger partial charge in [0.05, 0.1) is 11.6 Å². The molecule has 0 saturated heterocycles. The first-order valence-corrected chi connectivity index (χ1v) is 6.34. The summed E-state index contributed by atoms with van der Waals surface area (Å²) in [4.78, 5) is 34.2. The predicted octanol–water partition coefficient (Wildman–Crippen LogP) is 0.0684. The minimum Gasteiger partial charge on any atom is -0.480 e. The molecule has 0 radical (unpaired) electrons. The van der Waals surface area contributed by atoms with Crippen LogP contribution in [-0.4, -0.2) is 41.6 Å². The number of aliphatic carboxylic acids is 1. The van der Waals surface area contributed by atoms with Crippen LogP contribution in [0.1, 0.15) is 22.8 Å². The van der Waals surface area contributed by atoms with E-state index in [0.717, 1.165) is 5.56 Å². The van der Waals surface area contributed by atoms with E-state index in [4.69, 9.17) is 15.6 Å². The highest BCUT2D eigenvalue weighted by Gasteiger charge is 2.23. The molecular weight excluding hydrogens is 276 g/mol. The van der Waals surface area contributed by atoms with Crippen LogP contribution in [0, 0.1) is 6.92 Å². The number of carboxylic acid groups (broad SMARTS) is 1. The van der Waals surface area contributed by atoms with Gasteiger partial charge in [-0.2, -0.15) is 0 Å². The van der Waals surface area contributed by atoms with Crippen molar-refractivity contribution < 1.29 is 24.2 Å². The van der Waals surface area contributed by atoms with Gasteiger partial charge in [-0.1, -0.05) is 17.7 Å². The number of amides is 1. The Morgan fingerprint density at radius 3 is 2.57 bits per heavy atom. The van der Waals surface area contributed by atoms with Crippen LogP contribution < -0.4 is 11.1 Å². The van der Waals surface area contributed by atoms with Crippen LogP contribution in [0.5, 0.6) is 0 Å². The molecule has 0 aromatic heterocycles. The monoisotopic (exact) mass is 294 g/mol. The van der Waals surface area contributed by atoms with Gasteiger partial charge in [0.25, 0.3) is 0 Å². The van der Waals surface area contributed by atoms with E-state index in [1.165, 1.54) is 6.92 Å². The summed E-state index contributed by atoms with van der Waals surface area (Å²) < 4.78 is 4.91. The topological polar surface area (TPSA) is 119 Å². The molecule has 0 aliphatic heterocycles. The molecule has 1 aromatic rings. The molecule has 114 valence electrons. The van der Waals surface area contributed by atoms with Crippen molar-refractivity contribution in [2.75, 3.05) is 6.61 Å². The highest BCUT2D eigenvalue weighted by atomic mass is 16.5. The minimum absolute atomic E-state index is 0.317. The second kappa shape index (κ2) is 7.39. The van der Waals surface area contributed by atoms with Gasteiger partial charge in [0.1, 0.15) is 6.61 Å². The summed E-state index contributed by atoms with van der Waals surface area (Å²) in [6.07, 6.45) is 0. The number of hydrogen-bond donors (Lipinski definition) is 3. The lowest BCUT2D eigenvalue weighted by Crippen LogP contribution is -2.49. The Bertz CT molecular complexity index is 542. The minimum atomic E-state index is -1.34. The predicted molar refractivity (Wildman–Crippen MR) is 74.7 cm³/mol. The molecule has 0 aliphatic rings. The highest BCUT2D eigenvalue weighted by molar-refractivity contribution is 5.90. The molecule has 2 atom stereocenters. The second-order valence-corrected chi connectivity index (χ2v) is 4.66. The second-order valence-electron chi connectivity index (χ2n) is 4.66. The van der Waals surface area contributed by atoms with E-state index in [9.17, 15) is 14.4 Å². The zero-order valence-electron chi connectivity index (χ0n) is 11.8. The molecule has 1 rings (SSSR count). The van der Waals surface area contributed by atoms with E-state index in [1.807, 2.05) is 13.0 Å². The summed E-state index contributed by atoms with van der Waals surface area (Å²) in [6.45, 7) is 2.77. The lowest BCUT2D eigenvalue weighted by Gasteiger charge is -2.16. The summed E-state index contributed by atoms with van der Waals surface area (Å²) in [7, 11) is 0. The number of ether oxygens (including phenoxy) is 1. The number of esters is 1. The van der Waals surface area contributed by atoms with Crippen molar-refractivity contribution in [2.24, 2.45) is 5.73 Å². The van der Waals surface area contributed by atoms with Crippen LogP contribution in [0.25, 0.3) is 0 Å². The van der Waals surface area contributed by atoms with E-state index in [1.54, 1.807) is 18.2 Å². The fourth-order valence-corrected chi connectivity index (χ4v) is 1.49. The molecule has 0 saturated carbocycles. The first kappa shape index (κ1) is 16.6. The van der Waals surface area contributed by atoms with Gasteiger partial charge in [0.2, 0.25) is 5.91 Å². The smallest absolute Gasteiger partial charge is 0.338 e. The Morgan fingerprint density at radius 2 is 2.05 bits per heavy atom. The van der Waals surface area contributed by atoms with Crippen molar-refractivity contribution in [2.45, 2.75) is 25.9 Å². The maximum Gasteiger partial charge on any atom is 0.338 e. The van der Waals surface area contributed by atoms with Crippen LogP contribution in [0.15, 0.2) is 24.3 Å². The lowest BCUT2D eigenvalue weighted by atomic mass is 10.1. The molecule has 0 spiro atoms. The van der Waals surface area contributed by atoms with Gasteiger partial charge >= 0.3 is 11.9 Å². The largest absolute Gasteiger partial charge is 0.480 e. The van der Waals surface area contributed by atoms with Crippen LogP contribution >= 0.6 is 0 Å². The maximum atomic E-state index is 11.8. The van der Waals surface area contributed by atoms with Gasteiger partial charge < -0.3 is 20.9 Å². The third kappa shape index (κ3) is 5.23. The summed E-state index contributed by atoms with van der Waals surface area (Å²) in [6, 6.07) is 4.51. The van der Waals surface area contributed by atoms with Crippen molar-refractivity contribution in [3.63, 3.8) is 0 Å².